The Balaban J connectivity index is 2.37. The van der Waals surface area contributed by atoms with Gasteiger partial charge in [-0.1, -0.05) is 0 Å². The summed E-state index contributed by atoms with van der Waals surface area (Å²) in [6.45, 7) is 3.88. The molecule has 0 bridgehead atoms. The van der Waals surface area contributed by atoms with Gasteiger partial charge in [0.05, 0.1) is 8.95 Å². The van der Waals surface area contributed by atoms with Crippen molar-refractivity contribution in [3.63, 3.8) is 0 Å². The van der Waals surface area contributed by atoms with Gasteiger partial charge in [-0.25, -0.2) is 9.37 Å². The predicted octanol–water partition coefficient (Wildman–Crippen LogP) is 5.11. The average molecular weight is 374 g/mol. The third-order valence-corrected chi connectivity index (χ3v) is 3.71. The summed E-state index contributed by atoms with van der Waals surface area (Å²) in [5.41, 5.74) is 2.71. The van der Waals surface area contributed by atoms with Crippen LogP contribution in [0.5, 0.6) is 0 Å². The third-order valence-electron chi connectivity index (χ3n) is 2.50. The van der Waals surface area contributed by atoms with Gasteiger partial charge in [0.25, 0.3) is 0 Å². The van der Waals surface area contributed by atoms with Crippen molar-refractivity contribution in [3.05, 3.63) is 50.3 Å². The molecule has 0 saturated carbocycles. The number of nitrogens with one attached hydrogen (secondary N) is 1. The molecule has 2 rings (SSSR count). The molecule has 0 aliphatic heterocycles. The summed E-state index contributed by atoms with van der Waals surface area (Å²) in [4.78, 5) is 4.27. The topological polar surface area (TPSA) is 24.9 Å². The molecule has 0 amide bonds. The second-order valence-corrected chi connectivity index (χ2v) is 5.76. The Labute approximate surface area is 122 Å². The Morgan fingerprint density at radius 1 is 1.11 bits per heavy atom. The Kier molecular flexibility index (Phi) is 4.02. The van der Waals surface area contributed by atoms with Crippen molar-refractivity contribution in [1.82, 2.24) is 4.98 Å². The zero-order chi connectivity index (χ0) is 13.3. The van der Waals surface area contributed by atoms with E-state index in [-0.39, 0.29) is 5.82 Å². The lowest BCUT2D eigenvalue weighted by molar-refractivity contribution is 0.621. The van der Waals surface area contributed by atoms with Crippen LogP contribution in [0, 0.1) is 19.7 Å². The van der Waals surface area contributed by atoms with E-state index in [4.69, 9.17) is 0 Å². The van der Waals surface area contributed by atoms with E-state index in [9.17, 15) is 4.39 Å². The molecular formula is C13H11Br2FN2. The van der Waals surface area contributed by atoms with Crippen molar-refractivity contribution >= 4 is 43.4 Å². The maximum Gasteiger partial charge on any atom is 0.144 e. The quantitative estimate of drug-likeness (QED) is 0.791. The molecule has 0 aliphatic rings. The monoisotopic (exact) mass is 372 g/mol. The molecule has 1 N–H and O–H groups in total. The summed E-state index contributed by atoms with van der Waals surface area (Å²) >= 11 is 6.60. The van der Waals surface area contributed by atoms with Crippen molar-refractivity contribution in [3.8, 4) is 0 Å². The Morgan fingerprint density at radius 2 is 1.83 bits per heavy atom. The summed E-state index contributed by atoms with van der Waals surface area (Å²) in [6.07, 6.45) is 1.76. The zero-order valence-corrected chi connectivity index (χ0v) is 13.1. The van der Waals surface area contributed by atoms with Crippen LogP contribution in [0.25, 0.3) is 0 Å². The van der Waals surface area contributed by atoms with Crippen LogP contribution in [0.3, 0.4) is 0 Å². The lowest BCUT2D eigenvalue weighted by atomic mass is 10.2. The van der Waals surface area contributed by atoms with Gasteiger partial charge in [-0.2, -0.15) is 0 Å². The van der Waals surface area contributed by atoms with Gasteiger partial charge in [0.15, 0.2) is 0 Å². The van der Waals surface area contributed by atoms with Crippen molar-refractivity contribution in [2.24, 2.45) is 0 Å². The molecule has 18 heavy (non-hydrogen) atoms. The van der Waals surface area contributed by atoms with E-state index in [1.54, 1.807) is 12.3 Å². The molecule has 0 radical (unpaired) electrons. The summed E-state index contributed by atoms with van der Waals surface area (Å²) in [5.74, 6) is 0.372. The number of rotatable bonds is 2. The van der Waals surface area contributed by atoms with Gasteiger partial charge in [0.1, 0.15) is 11.6 Å². The minimum atomic E-state index is -0.300. The highest BCUT2D eigenvalue weighted by molar-refractivity contribution is 9.10. The molecule has 2 aromatic rings. The largest absolute Gasteiger partial charge is 0.339 e. The average Bonchev–Trinajstić information content (AvgIpc) is 2.29. The second-order valence-electron chi connectivity index (χ2n) is 4.05. The number of hydrogen-bond acceptors (Lipinski definition) is 2. The van der Waals surface area contributed by atoms with E-state index in [0.717, 1.165) is 15.6 Å². The van der Waals surface area contributed by atoms with Crippen LogP contribution in [0.1, 0.15) is 11.1 Å². The molecule has 5 heteroatoms. The van der Waals surface area contributed by atoms with Gasteiger partial charge in [0.2, 0.25) is 0 Å². The molecule has 0 aliphatic carbocycles. The Morgan fingerprint density at radius 3 is 2.50 bits per heavy atom. The van der Waals surface area contributed by atoms with E-state index in [1.165, 1.54) is 6.07 Å². The van der Waals surface area contributed by atoms with Crippen LogP contribution in [0.15, 0.2) is 33.3 Å². The maximum absolute atomic E-state index is 13.5. The van der Waals surface area contributed by atoms with Crippen molar-refractivity contribution in [2.75, 3.05) is 5.32 Å². The smallest absolute Gasteiger partial charge is 0.144 e. The van der Waals surface area contributed by atoms with Gasteiger partial charge in [-0.3, -0.25) is 0 Å². The molecule has 0 atom stereocenters. The normalized spacial score (nSPS) is 10.5. The van der Waals surface area contributed by atoms with Crippen LogP contribution in [-0.4, -0.2) is 4.98 Å². The molecule has 0 fully saturated rings. The first-order valence-electron chi connectivity index (χ1n) is 5.32. The number of pyridine rings is 1. The Bertz CT molecular complexity index is 600. The maximum atomic E-state index is 13.5. The molecular weight excluding hydrogens is 363 g/mol. The van der Waals surface area contributed by atoms with Crippen molar-refractivity contribution in [1.29, 1.82) is 0 Å². The van der Waals surface area contributed by atoms with E-state index in [0.29, 0.717) is 16.0 Å². The SMILES string of the molecule is Cc1cnc(Nc2cc(F)c(Br)cc2C)c(Br)c1. The number of hydrogen-bond donors (Lipinski definition) is 1. The number of nitrogens with zero attached hydrogens (tertiary/aromatic N) is 1. The van der Waals surface area contributed by atoms with E-state index in [2.05, 4.69) is 42.2 Å². The molecule has 0 unspecified atom stereocenters. The molecule has 94 valence electrons. The van der Waals surface area contributed by atoms with Gasteiger partial charge in [0, 0.05) is 11.9 Å². The van der Waals surface area contributed by atoms with Crippen molar-refractivity contribution in [2.45, 2.75) is 13.8 Å². The number of aryl methyl sites for hydroxylation is 2. The fourth-order valence-corrected chi connectivity index (χ4v) is 2.55. The number of benzene rings is 1. The van der Waals surface area contributed by atoms with E-state index in [1.807, 2.05) is 19.9 Å². The highest BCUT2D eigenvalue weighted by Crippen LogP contribution is 2.29. The first-order valence-corrected chi connectivity index (χ1v) is 6.91. The lowest BCUT2D eigenvalue weighted by Gasteiger charge is -2.11. The molecule has 1 heterocycles. The fourth-order valence-electron chi connectivity index (χ4n) is 1.53. The van der Waals surface area contributed by atoms with Crippen LogP contribution < -0.4 is 5.32 Å². The lowest BCUT2D eigenvalue weighted by Crippen LogP contribution is -1.98. The number of aromatic nitrogens is 1. The standard InChI is InChI=1S/C13H11Br2FN2/c1-7-3-10(15)13(17-6-7)18-12-5-11(16)9(14)4-8(12)2/h3-6H,1-2H3,(H,17,18). The summed E-state index contributed by atoms with van der Waals surface area (Å²) in [5, 5.41) is 3.12. The van der Waals surface area contributed by atoms with Gasteiger partial charge in [-0.05, 0) is 75.0 Å². The summed E-state index contributed by atoms with van der Waals surface area (Å²) < 4.78 is 14.8. The molecule has 0 spiro atoms. The van der Waals surface area contributed by atoms with Crippen LogP contribution >= 0.6 is 31.9 Å². The minimum Gasteiger partial charge on any atom is -0.339 e. The minimum absolute atomic E-state index is 0.300. The van der Waals surface area contributed by atoms with Gasteiger partial charge in [-0.15, -0.1) is 0 Å². The van der Waals surface area contributed by atoms with Gasteiger partial charge < -0.3 is 5.32 Å². The highest BCUT2D eigenvalue weighted by Gasteiger charge is 2.08. The molecule has 2 nitrogen and oxygen atoms in total. The third kappa shape index (κ3) is 2.90. The summed E-state index contributed by atoms with van der Waals surface area (Å²) in [7, 11) is 0. The van der Waals surface area contributed by atoms with Crippen molar-refractivity contribution < 1.29 is 4.39 Å². The summed E-state index contributed by atoms with van der Waals surface area (Å²) in [6, 6.07) is 5.15. The first kappa shape index (κ1) is 13.5. The predicted molar refractivity (Wildman–Crippen MR) is 78.8 cm³/mol. The first-order chi connectivity index (χ1) is 8.47. The second kappa shape index (κ2) is 5.36. The fraction of sp³-hybridized carbons (Fsp3) is 0.154. The van der Waals surface area contributed by atoms with Crippen LogP contribution in [0.4, 0.5) is 15.9 Å². The molecule has 1 aromatic carbocycles. The molecule has 1 aromatic heterocycles. The Hall–Kier alpha value is -0.940. The number of halogens is 3. The van der Waals surface area contributed by atoms with E-state index < -0.39 is 0 Å². The van der Waals surface area contributed by atoms with Crippen LogP contribution in [-0.2, 0) is 0 Å². The number of anilines is 2. The van der Waals surface area contributed by atoms with E-state index >= 15 is 0 Å². The zero-order valence-electron chi connectivity index (χ0n) is 9.89. The van der Waals surface area contributed by atoms with Crippen LogP contribution in [0.2, 0.25) is 0 Å². The molecule has 0 saturated heterocycles. The van der Waals surface area contributed by atoms with Gasteiger partial charge >= 0.3 is 0 Å². The highest BCUT2D eigenvalue weighted by atomic mass is 79.9.